The summed E-state index contributed by atoms with van der Waals surface area (Å²) in [5.41, 5.74) is 6.56. The van der Waals surface area contributed by atoms with Crippen LogP contribution in [0.2, 0.25) is 0 Å². The molecule has 18 heavy (non-hydrogen) atoms. The zero-order chi connectivity index (χ0) is 13.0. The summed E-state index contributed by atoms with van der Waals surface area (Å²) in [4.78, 5) is 16.6. The van der Waals surface area contributed by atoms with Gasteiger partial charge in [0.25, 0.3) is 0 Å². The third-order valence-electron chi connectivity index (χ3n) is 2.53. The van der Waals surface area contributed by atoms with Crippen molar-refractivity contribution in [2.45, 2.75) is 26.3 Å². The van der Waals surface area contributed by atoms with Crippen molar-refractivity contribution < 1.29 is 4.79 Å². The Morgan fingerprint density at radius 2 is 2.39 bits per heavy atom. The molecule has 2 N–H and O–H groups in total. The van der Waals surface area contributed by atoms with Gasteiger partial charge in [-0.3, -0.25) is 9.48 Å². The second-order valence-corrected chi connectivity index (χ2v) is 4.88. The van der Waals surface area contributed by atoms with Crippen LogP contribution in [0.5, 0.6) is 0 Å². The van der Waals surface area contributed by atoms with Crippen LogP contribution in [0, 0.1) is 0 Å². The first kappa shape index (κ1) is 12.9. The maximum atomic E-state index is 12.3. The second-order valence-electron chi connectivity index (χ2n) is 3.93. The molecule has 0 bridgehead atoms. The van der Waals surface area contributed by atoms with Gasteiger partial charge in [-0.05, 0) is 19.0 Å². The predicted molar refractivity (Wildman–Crippen MR) is 70.8 cm³/mol. The van der Waals surface area contributed by atoms with Crippen molar-refractivity contribution in [2.75, 3.05) is 6.54 Å². The van der Waals surface area contributed by atoms with Crippen LogP contribution in [-0.4, -0.2) is 27.1 Å². The number of carbonyl (C=O) groups excluding carboxylic acids is 1. The van der Waals surface area contributed by atoms with Gasteiger partial charge in [-0.2, -0.15) is 5.10 Å². The van der Waals surface area contributed by atoms with Gasteiger partial charge >= 0.3 is 0 Å². The number of aromatic nitrogens is 3. The molecule has 0 saturated heterocycles. The molecular weight excluding hydrogens is 248 g/mol. The minimum Gasteiger partial charge on any atom is -0.330 e. The van der Waals surface area contributed by atoms with Gasteiger partial charge < -0.3 is 5.73 Å². The quantitative estimate of drug-likeness (QED) is 0.802. The molecule has 2 rings (SSSR count). The summed E-state index contributed by atoms with van der Waals surface area (Å²) in [5.74, 6) is -0.0690. The number of hydrogen-bond acceptors (Lipinski definition) is 5. The van der Waals surface area contributed by atoms with Crippen LogP contribution in [-0.2, 0) is 13.0 Å². The van der Waals surface area contributed by atoms with E-state index in [1.165, 1.54) is 11.3 Å². The summed E-state index contributed by atoms with van der Waals surface area (Å²) < 4.78 is 1.73. The Morgan fingerprint density at radius 3 is 3.11 bits per heavy atom. The summed E-state index contributed by atoms with van der Waals surface area (Å²) in [6, 6.07) is 1.74. The minimum atomic E-state index is -0.0690. The fourth-order valence-electron chi connectivity index (χ4n) is 1.70. The SMILES string of the molecule is CCCn1nccc1C(=O)c1csc(CCN)n1. The van der Waals surface area contributed by atoms with E-state index in [0.717, 1.165) is 18.0 Å². The number of rotatable bonds is 6. The molecule has 6 heteroatoms. The Bertz CT molecular complexity index is 532. The highest BCUT2D eigenvalue weighted by atomic mass is 32.1. The summed E-state index contributed by atoms with van der Waals surface area (Å²) in [5, 5.41) is 6.84. The van der Waals surface area contributed by atoms with E-state index in [0.29, 0.717) is 24.4 Å². The van der Waals surface area contributed by atoms with Crippen LogP contribution >= 0.6 is 11.3 Å². The van der Waals surface area contributed by atoms with Crippen LogP contribution in [0.1, 0.15) is 34.5 Å². The Morgan fingerprint density at radius 1 is 1.56 bits per heavy atom. The molecule has 2 aromatic heterocycles. The third kappa shape index (κ3) is 2.65. The number of nitrogens with zero attached hydrogens (tertiary/aromatic N) is 3. The summed E-state index contributed by atoms with van der Waals surface area (Å²) in [6.45, 7) is 3.35. The molecule has 0 spiro atoms. The average Bonchev–Trinajstić information content (AvgIpc) is 2.98. The van der Waals surface area contributed by atoms with E-state index in [1.54, 1.807) is 22.3 Å². The fraction of sp³-hybridized carbons (Fsp3) is 0.417. The van der Waals surface area contributed by atoms with Crippen molar-refractivity contribution in [3.05, 3.63) is 34.0 Å². The molecule has 5 nitrogen and oxygen atoms in total. The van der Waals surface area contributed by atoms with Gasteiger partial charge in [0, 0.05) is 24.5 Å². The standard InChI is InChI=1S/C12H16N4OS/c1-2-7-16-10(4-6-14-16)12(17)9-8-18-11(15-9)3-5-13/h4,6,8H,2-3,5,7,13H2,1H3. The zero-order valence-electron chi connectivity index (χ0n) is 10.3. The van der Waals surface area contributed by atoms with Crippen LogP contribution in [0.15, 0.2) is 17.6 Å². The molecule has 0 aliphatic heterocycles. The van der Waals surface area contributed by atoms with Crippen LogP contribution in [0.4, 0.5) is 0 Å². The van der Waals surface area contributed by atoms with Crippen LogP contribution < -0.4 is 5.73 Å². The van der Waals surface area contributed by atoms with Crippen molar-refractivity contribution in [1.29, 1.82) is 0 Å². The Hall–Kier alpha value is -1.53. The first-order valence-corrected chi connectivity index (χ1v) is 6.85. The molecule has 0 amide bonds. The molecular formula is C12H16N4OS. The number of ketones is 1. The lowest BCUT2D eigenvalue weighted by molar-refractivity contribution is 0.102. The van der Waals surface area contributed by atoms with Crippen LogP contribution in [0.3, 0.4) is 0 Å². The number of aryl methyl sites for hydroxylation is 1. The topological polar surface area (TPSA) is 73.8 Å². The predicted octanol–water partition coefficient (Wildman–Crippen LogP) is 1.48. The lowest BCUT2D eigenvalue weighted by Crippen LogP contribution is -2.12. The van der Waals surface area contributed by atoms with E-state index in [1.807, 2.05) is 0 Å². The average molecular weight is 264 g/mol. The molecule has 96 valence electrons. The molecule has 0 unspecified atom stereocenters. The largest absolute Gasteiger partial charge is 0.330 e. The highest BCUT2D eigenvalue weighted by Crippen LogP contribution is 2.14. The van der Waals surface area contributed by atoms with Crippen molar-refractivity contribution in [1.82, 2.24) is 14.8 Å². The normalized spacial score (nSPS) is 10.8. The van der Waals surface area contributed by atoms with E-state index in [2.05, 4.69) is 17.0 Å². The van der Waals surface area contributed by atoms with E-state index in [4.69, 9.17) is 5.73 Å². The molecule has 2 aromatic rings. The smallest absolute Gasteiger partial charge is 0.230 e. The van der Waals surface area contributed by atoms with Gasteiger partial charge in [-0.15, -0.1) is 11.3 Å². The van der Waals surface area contributed by atoms with E-state index >= 15 is 0 Å². The minimum absolute atomic E-state index is 0.0690. The van der Waals surface area contributed by atoms with Gasteiger partial charge in [0.2, 0.25) is 5.78 Å². The number of hydrogen-bond donors (Lipinski definition) is 1. The van der Waals surface area contributed by atoms with Crippen LogP contribution in [0.25, 0.3) is 0 Å². The number of carbonyl (C=O) groups is 1. The van der Waals surface area contributed by atoms with Gasteiger partial charge in [-0.25, -0.2) is 4.98 Å². The molecule has 0 aliphatic carbocycles. The number of thiazole rings is 1. The van der Waals surface area contributed by atoms with E-state index in [-0.39, 0.29) is 5.78 Å². The van der Waals surface area contributed by atoms with Gasteiger partial charge in [0.1, 0.15) is 11.4 Å². The lowest BCUT2D eigenvalue weighted by Gasteiger charge is -2.03. The van der Waals surface area contributed by atoms with E-state index < -0.39 is 0 Å². The number of nitrogens with two attached hydrogens (primary N) is 1. The maximum Gasteiger partial charge on any atom is 0.230 e. The Labute approximate surface area is 110 Å². The molecule has 0 radical (unpaired) electrons. The molecule has 0 atom stereocenters. The van der Waals surface area contributed by atoms with Crippen molar-refractivity contribution in [3.63, 3.8) is 0 Å². The van der Waals surface area contributed by atoms with Gasteiger partial charge in [-0.1, -0.05) is 6.92 Å². The molecule has 0 fully saturated rings. The maximum absolute atomic E-state index is 12.3. The van der Waals surface area contributed by atoms with Gasteiger partial charge in [0.15, 0.2) is 0 Å². The summed E-state index contributed by atoms with van der Waals surface area (Å²) in [7, 11) is 0. The van der Waals surface area contributed by atoms with Crippen molar-refractivity contribution >= 4 is 17.1 Å². The first-order chi connectivity index (χ1) is 8.76. The third-order valence-corrected chi connectivity index (χ3v) is 3.44. The van der Waals surface area contributed by atoms with Crippen molar-refractivity contribution in [2.24, 2.45) is 5.73 Å². The van der Waals surface area contributed by atoms with E-state index in [9.17, 15) is 4.79 Å². The van der Waals surface area contributed by atoms with Crippen molar-refractivity contribution in [3.8, 4) is 0 Å². The molecule has 0 aromatic carbocycles. The monoisotopic (exact) mass is 264 g/mol. The highest BCUT2D eigenvalue weighted by molar-refractivity contribution is 7.09. The Balaban J connectivity index is 2.21. The summed E-state index contributed by atoms with van der Waals surface area (Å²) >= 11 is 1.48. The zero-order valence-corrected chi connectivity index (χ0v) is 11.1. The Kier molecular flexibility index (Phi) is 4.22. The van der Waals surface area contributed by atoms with Gasteiger partial charge in [0.05, 0.1) is 5.01 Å². The summed E-state index contributed by atoms with van der Waals surface area (Å²) in [6.07, 6.45) is 3.31. The fourth-order valence-corrected chi connectivity index (χ4v) is 2.49. The first-order valence-electron chi connectivity index (χ1n) is 5.97. The lowest BCUT2D eigenvalue weighted by atomic mass is 10.2. The molecule has 0 saturated carbocycles. The molecule has 0 aliphatic rings. The second kappa shape index (κ2) is 5.88. The molecule has 2 heterocycles. The highest BCUT2D eigenvalue weighted by Gasteiger charge is 2.17.